The highest BCUT2D eigenvalue weighted by molar-refractivity contribution is 5.95. The lowest BCUT2D eigenvalue weighted by molar-refractivity contribution is 0.0696. The van der Waals surface area contributed by atoms with Crippen LogP contribution in [0.4, 0.5) is 11.4 Å². The number of nitrogens with zero attached hydrogens (tertiary/aromatic N) is 2. The zero-order chi connectivity index (χ0) is 14.2. The average Bonchev–Trinajstić information content (AvgIpc) is 2.32. The van der Waals surface area contributed by atoms with E-state index in [-0.39, 0.29) is 11.1 Å². The van der Waals surface area contributed by atoms with Crippen molar-refractivity contribution in [1.29, 1.82) is 0 Å². The van der Waals surface area contributed by atoms with E-state index in [1.807, 2.05) is 0 Å². The van der Waals surface area contributed by atoms with Gasteiger partial charge in [0.15, 0.2) is 0 Å². The van der Waals surface area contributed by atoms with E-state index < -0.39 is 5.97 Å². The van der Waals surface area contributed by atoms with E-state index in [0.717, 1.165) is 25.3 Å². The summed E-state index contributed by atoms with van der Waals surface area (Å²) in [5, 5.41) is 9.31. The lowest BCUT2D eigenvalue weighted by Gasteiger charge is -2.46. The van der Waals surface area contributed by atoms with Gasteiger partial charge in [0, 0.05) is 30.9 Å². The van der Waals surface area contributed by atoms with Gasteiger partial charge in [-0.25, -0.2) is 4.79 Å². The summed E-state index contributed by atoms with van der Waals surface area (Å²) < 4.78 is 0. The third-order valence-electron chi connectivity index (χ3n) is 3.91. The van der Waals surface area contributed by atoms with Crippen molar-refractivity contribution in [2.24, 2.45) is 0 Å². The van der Waals surface area contributed by atoms with Crippen LogP contribution in [-0.4, -0.2) is 48.2 Å². The molecular weight excluding hydrogens is 242 g/mol. The van der Waals surface area contributed by atoms with Gasteiger partial charge in [0.25, 0.3) is 0 Å². The highest BCUT2D eigenvalue weighted by atomic mass is 16.4. The molecule has 0 amide bonds. The first-order chi connectivity index (χ1) is 8.81. The van der Waals surface area contributed by atoms with E-state index in [1.165, 1.54) is 6.07 Å². The van der Waals surface area contributed by atoms with Crippen LogP contribution in [0, 0.1) is 0 Å². The average molecular weight is 263 g/mol. The molecule has 1 aromatic rings. The first-order valence-corrected chi connectivity index (χ1v) is 6.40. The van der Waals surface area contributed by atoms with E-state index in [2.05, 4.69) is 30.7 Å². The molecule has 5 heteroatoms. The number of carboxylic acid groups (broad SMARTS) is 1. The van der Waals surface area contributed by atoms with Crippen LogP contribution in [0.5, 0.6) is 0 Å². The van der Waals surface area contributed by atoms with Crippen LogP contribution >= 0.6 is 0 Å². The number of rotatable bonds is 2. The van der Waals surface area contributed by atoms with Crippen LogP contribution in [0.25, 0.3) is 0 Å². The van der Waals surface area contributed by atoms with Crippen LogP contribution in [0.15, 0.2) is 18.2 Å². The number of piperazine rings is 1. The van der Waals surface area contributed by atoms with Gasteiger partial charge < -0.3 is 15.7 Å². The monoisotopic (exact) mass is 263 g/mol. The molecule has 1 aromatic carbocycles. The Morgan fingerprint density at radius 3 is 2.63 bits per heavy atom. The van der Waals surface area contributed by atoms with Crippen molar-refractivity contribution in [3.63, 3.8) is 0 Å². The van der Waals surface area contributed by atoms with Crippen LogP contribution in [0.1, 0.15) is 24.2 Å². The van der Waals surface area contributed by atoms with Crippen LogP contribution in [0.3, 0.4) is 0 Å². The van der Waals surface area contributed by atoms with Crippen molar-refractivity contribution >= 4 is 17.3 Å². The molecule has 19 heavy (non-hydrogen) atoms. The topological polar surface area (TPSA) is 69.8 Å². The molecular formula is C14H21N3O2. The van der Waals surface area contributed by atoms with Gasteiger partial charge in [0.2, 0.25) is 0 Å². The fourth-order valence-corrected chi connectivity index (χ4v) is 2.45. The van der Waals surface area contributed by atoms with Gasteiger partial charge in [-0.3, -0.25) is 4.90 Å². The Morgan fingerprint density at radius 2 is 2.05 bits per heavy atom. The summed E-state index contributed by atoms with van der Waals surface area (Å²) in [4.78, 5) is 15.8. The first kappa shape index (κ1) is 13.7. The Kier molecular flexibility index (Phi) is 3.41. The maximum absolute atomic E-state index is 11.3. The van der Waals surface area contributed by atoms with Crippen LogP contribution in [-0.2, 0) is 0 Å². The molecule has 0 atom stereocenters. The molecule has 0 spiro atoms. The number of aromatic carboxylic acids is 1. The number of carboxylic acids is 1. The smallest absolute Gasteiger partial charge is 0.337 e. The number of anilines is 2. The minimum atomic E-state index is -0.931. The maximum Gasteiger partial charge on any atom is 0.337 e. The lowest BCUT2D eigenvalue weighted by Crippen LogP contribution is -2.57. The van der Waals surface area contributed by atoms with E-state index in [0.29, 0.717) is 5.69 Å². The normalized spacial score (nSPS) is 19.4. The van der Waals surface area contributed by atoms with Gasteiger partial charge in [0.05, 0.1) is 11.3 Å². The van der Waals surface area contributed by atoms with Gasteiger partial charge in [-0.2, -0.15) is 0 Å². The summed E-state index contributed by atoms with van der Waals surface area (Å²) in [7, 11) is 2.10. The van der Waals surface area contributed by atoms with Crippen LogP contribution < -0.4 is 10.6 Å². The van der Waals surface area contributed by atoms with Crippen molar-refractivity contribution in [1.82, 2.24) is 4.90 Å². The first-order valence-electron chi connectivity index (χ1n) is 6.40. The predicted octanol–water partition coefficient (Wildman–Crippen LogP) is 1.50. The van der Waals surface area contributed by atoms with Gasteiger partial charge >= 0.3 is 5.97 Å². The number of nitrogens with two attached hydrogens (primary N) is 1. The molecule has 104 valence electrons. The van der Waals surface area contributed by atoms with E-state index in [4.69, 9.17) is 5.73 Å². The Hall–Kier alpha value is -1.75. The number of hydrogen-bond acceptors (Lipinski definition) is 4. The third kappa shape index (κ3) is 2.66. The van der Waals surface area contributed by atoms with E-state index >= 15 is 0 Å². The Balaban J connectivity index is 2.35. The Labute approximate surface area is 113 Å². The highest BCUT2D eigenvalue weighted by Crippen LogP contribution is 2.28. The summed E-state index contributed by atoms with van der Waals surface area (Å²) in [5.41, 5.74) is 7.22. The molecule has 0 aliphatic carbocycles. The van der Waals surface area contributed by atoms with Gasteiger partial charge in [-0.05, 0) is 39.1 Å². The summed E-state index contributed by atoms with van der Waals surface area (Å²) >= 11 is 0. The van der Waals surface area contributed by atoms with Gasteiger partial charge in [-0.1, -0.05) is 0 Å². The summed E-state index contributed by atoms with van der Waals surface area (Å²) in [5.74, 6) is -0.931. The molecule has 3 N–H and O–H groups in total. The summed E-state index contributed by atoms with van der Waals surface area (Å²) in [6.45, 7) is 6.86. The molecule has 0 bridgehead atoms. The molecule has 1 saturated heterocycles. The minimum absolute atomic E-state index is 0.0232. The number of likely N-dealkylation sites (N-methyl/N-ethyl adjacent to an activating group) is 1. The standard InChI is InChI=1S/C14H21N3O2/c1-14(2)9-17(7-6-16(14)3)12-5-4-10(15)8-11(12)13(18)19/h4-5,8H,6-7,9,15H2,1-3H3,(H,18,19). The highest BCUT2D eigenvalue weighted by Gasteiger charge is 2.32. The third-order valence-corrected chi connectivity index (χ3v) is 3.91. The summed E-state index contributed by atoms with van der Waals surface area (Å²) in [6, 6.07) is 5.09. The number of benzene rings is 1. The lowest BCUT2D eigenvalue weighted by atomic mass is 9.98. The molecule has 0 aromatic heterocycles. The fraction of sp³-hybridized carbons (Fsp3) is 0.500. The zero-order valence-electron chi connectivity index (χ0n) is 11.7. The largest absolute Gasteiger partial charge is 0.478 e. The van der Waals surface area contributed by atoms with Crippen molar-refractivity contribution < 1.29 is 9.90 Å². The number of carbonyl (C=O) groups is 1. The SMILES string of the molecule is CN1CCN(c2ccc(N)cc2C(=O)O)CC1(C)C. The number of hydrogen-bond donors (Lipinski definition) is 2. The molecule has 5 nitrogen and oxygen atoms in total. The van der Waals surface area contributed by atoms with Crippen molar-refractivity contribution in [2.75, 3.05) is 37.3 Å². The molecule has 1 heterocycles. The molecule has 0 saturated carbocycles. The van der Waals surface area contributed by atoms with E-state index in [9.17, 15) is 9.90 Å². The fourth-order valence-electron chi connectivity index (χ4n) is 2.45. The molecule has 1 fully saturated rings. The number of nitrogen functional groups attached to an aromatic ring is 1. The van der Waals surface area contributed by atoms with Crippen molar-refractivity contribution in [3.8, 4) is 0 Å². The van der Waals surface area contributed by atoms with Crippen molar-refractivity contribution in [2.45, 2.75) is 19.4 Å². The second kappa shape index (κ2) is 4.74. The van der Waals surface area contributed by atoms with E-state index in [1.54, 1.807) is 12.1 Å². The second-order valence-electron chi connectivity index (χ2n) is 5.74. The molecule has 0 radical (unpaired) electrons. The molecule has 1 aliphatic rings. The van der Waals surface area contributed by atoms with Crippen LogP contribution in [0.2, 0.25) is 0 Å². The second-order valence-corrected chi connectivity index (χ2v) is 5.74. The Morgan fingerprint density at radius 1 is 1.37 bits per heavy atom. The van der Waals surface area contributed by atoms with Crippen molar-refractivity contribution in [3.05, 3.63) is 23.8 Å². The van der Waals surface area contributed by atoms with Gasteiger partial charge in [-0.15, -0.1) is 0 Å². The zero-order valence-corrected chi connectivity index (χ0v) is 11.7. The molecule has 2 rings (SSSR count). The Bertz CT molecular complexity index is 499. The maximum atomic E-state index is 11.3. The predicted molar refractivity (Wildman–Crippen MR) is 76.7 cm³/mol. The van der Waals surface area contributed by atoms with Gasteiger partial charge in [0.1, 0.15) is 0 Å². The summed E-state index contributed by atoms with van der Waals surface area (Å²) in [6.07, 6.45) is 0. The molecule has 1 aliphatic heterocycles. The minimum Gasteiger partial charge on any atom is -0.478 e. The molecule has 0 unspecified atom stereocenters. The quantitative estimate of drug-likeness (QED) is 0.791.